The van der Waals surface area contributed by atoms with Gasteiger partial charge in [0.15, 0.2) is 0 Å². The summed E-state index contributed by atoms with van der Waals surface area (Å²) in [5.74, 6) is -0.576. The second-order valence-electron chi connectivity index (χ2n) is 6.43. The molecule has 156 valence electrons. The predicted octanol–water partition coefficient (Wildman–Crippen LogP) is 5.79. The number of carbonyl (C=O) groups is 1. The van der Waals surface area contributed by atoms with E-state index in [1.807, 2.05) is 0 Å². The normalized spacial score (nSPS) is 11.2. The molecule has 9 heteroatoms. The van der Waals surface area contributed by atoms with E-state index in [-0.39, 0.29) is 9.92 Å². The maximum Gasteiger partial charge on any atom is 0.264 e. The first-order valence-corrected chi connectivity index (χ1v) is 11.3. The molecule has 0 spiro atoms. The lowest BCUT2D eigenvalue weighted by atomic mass is 10.2. The van der Waals surface area contributed by atoms with Crippen molar-refractivity contribution in [3.63, 3.8) is 0 Å². The molecule has 0 aliphatic heterocycles. The summed E-state index contributed by atoms with van der Waals surface area (Å²) in [4.78, 5) is 12.8. The van der Waals surface area contributed by atoms with Crippen LogP contribution in [0.5, 0.6) is 0 Å². The maximum absolute atomic E-state index is 13.3. The highest BCUT2D eigenvalue weighted by Crippen LogP contribution is 2.30. The van der Waals surface area contributed by atoms with E-state index < -0.39 is 22.5 Å². The number of sulfonamides is 1. The van der Waals surface area contributed by atoms with Crippen molar-refractivity contribution in [3.05, 3.63) is 87.4 Å². The average molecular weight is 484 g/mol. The van der Waals surface area contributed by atoms with Crippen LogP contribution in [0.15, 0.2) is 71.6 Å². The molecular weight excluding hydrogens is 467 g/mol. The largest absolute Gasteiger partial charge is 0.323 e. The van der Waals surface area contributed by atoms with Gasteiger partial charge in [-0.1, -0.05) is 53.0 Å². The van der Waals surface area contributed by atoms with Gasteiger partial charge in [-0.3, -0.25) is 9.10 Å². The van der Waals surface area contributed by atoms with Crippen LogP contribution in [0.25, 0.3) is 0 Å². The van der Waals surface area contributed by atoms with E-state index in [2.05, 4.69) is 5.32 Å². The van der Waals surface area contributed by atoms with E-state index in [4.69, 9.17) is 34.8 Å². The number of anilines is 2. The van der Waals surface area contributed by atoms with Gasteiger partial charge in [0.05, 0.1) is 21.3 Å². The molecule has 30 heavy (non-hydrogen) atoms. The van der Waals surface area contributed by atoms with Crippen LogP contribution in [-0.4, -0.2) is 20.9 Å². The highest BCUT2D eigenvalue weighted by atomic mass is 35.5. The zero-order valence-electron chi connectivity index (χ0n) is 15.8. The van der Waals surface area contributed by atoms with Crippen LogP contribution in [0.3, 0.4) is 0 Å². The van der Waals surface area contributed by atoms with Crippen molar-refractivity contribution in [3.8, 4) is 0 Å². The lowest BCUT2D eigenvalue weighted by molar-refractivity contribution is -0.114. The number of hydrogen-bond acceptors (Lipinski definition) is 3. The summed E-state index contributed by atoms with van der Waals surface area (Å²) in [5, 5.41) is 3.75. The zero-order valence-corrected chi connectivity index (χ0v) is 18.9. The molecule has 5 nitrogen and oxygen atoms in total. The van der Waals surface area contributed by atoms with E-state index in [0.717, 1.165) is 4.31 Å². The van der Waals surface area contributed by atoms with Crippen LogP contribution in [0.1, 0.15) is 5.56 Å². The van der Waals surface area contributed by atoms with Crippen molar-refractivity contribution < 1.29 is 13.2 Å². The molecule has 0 aromatic heterocycles. The summed E-state index contributed by atoms with van der Waals surface area (Å²) in [6, 6.07) is 17.3. The van der Waals surface area contributed by atoms with Crippen molar-refractivity contribution in [2.24, 2.45) is 0 Å². The number of aryl methyl sites for hydroxylation is 1. The fourth-order valence-corrected chi connectivity index (χ4v) is 4.90. The zero-order chi connectivity index (χ0) is 21.9. The third-order valence-electron chi connectivity index (χ3n) is 4.25. The molecule has 3 rings (SSSR count). The van der Waals surface area contributed by atoms with Crippen LogP contribution in [-0.2, 0) is 14.8 Å². The molecule has 1 amide bonds. The molecule has 0 atom stereocenters. The second kappa shape index (κ2) is 9.27. The molecule has 1 N–H and O–H groups in total. The minimum atomic E-state index is -4.02. The Balaban J connectivity index is 1.99. The smallest absolute Gasteiger partial charge is 0.264 e. The Kier molecular flexibility index (Phi) is 6.93. The topological polar surface area (TPSA) is 66.5 Å². The lowest BCUT2D eigenvalue weighted by Gasteiger charge is -2.26. The number of carbonyl (C=O) groups excluding carboxylic acids is 1. The highest BCUT2D eigenvalue weighted by Gasteiger charge is 2.28. The van der Waals surface area contributed by atoms with Crippen molar-refractivity contribution in [2.45, 2.75) is 11.8 Å². The quantitative estimate of drug-likeness (QED) is 0.482. The Morgan fingerprint density at radius 1 is 0.933 bits per heavy atom. The summed E-state index contributed by atoms with van der Waals surface area (Å²) in [5.41, 5.74) is 1.24. The Morgan fingerprint density at radius 2 is 1.57 bits per heavy atom. The van der Waals surface area contributed by atoms with Crippen LogP contribution >= 0.6 is 34.8 Å². The number of rotatable bonds is 6. The van der Waals surface area contributed by atoms with Gasteiger partial charge in [0.1, 0.15) is 6.54 Å². The van der Waals surface area contributed by atoms with Gasteiger partial charge >= 0.3 is 0 Å². The van der Waals surface area contributed by atoms with E-state index in [1.165, 1.54) is 18.2 Å². The first-order chi connectivity index (χ1) is 14.2. The minimum Gasteiger partial charge on any atom is -0.323 e. The number of nitrogens with zero attached hydrogens (tertiary/aromatic N) is 1. The molecule has 0 unspecified atom stereocenters. The number of hydrogen-bond donors (Lipinski definition) is 1. The molecular formula is C21H17Cl3N2O3S. The first-order valence-electron chi connectivity index (χ1n) is 8.77. The summed E-state index contributed by atoms with van der Waals surface area (Å²) in [7, 11) is -4.02. The van der Waals surface area contributed by atoms with Gasteiger partial charge in [0.2, 0.25) is 5.91 Å². The fourth-order valence-electron chi connectivity index (χ4n) is 2.83. The summed E-state index contributed by atoms with van der Waals surface area (Å²) in [6.45, 7) is 1.25. The van der Waals surface area contributed by atoms with Gasteiger partial charge in [-0.2, -0.15) is 0 Å². The molecule has 0 bridgehead atoms. The fraction of sp³-hybridized carbons (Fsp3) is 0.0952. The number of halogens is 3. The third-order valence-corrected chi connectivity index (χ3v) is 6.82. The summed E-state index contributed by atoms with van der Waals surface area (Å²) < 4.78 is 27.7. The molecule has 0 saturated heterocycles. The van der Waals surface area contributed by atoms with Crippen LogP contribution in [0, 0.1) is 6.92 Å². The van der Waals surface area contributed by atoms with Crippen molar-refractivity contribution in [1.82, 2.24) is 0 Å². The Morgan fingerprint density at radius 3 is 2.23 bits per heavy atom. The predicted molar refractivity (Wildman–Crippen MR) is 122 cm³/mol. The SMILES string of the molecule is Cc1cc(Cl)ccc1N(CC(=O)Nc1cc(Cl)ccc1Cl)S(=O)(=O)c1ccccc1. The number of benzene rings is 3. The van der Waals surface area contributed by atoms with Crippen molar-refractivity contribution in [1.29, 1.82) is 0 Å². The number of nitrogens with one attached hydrogen (secondary N) is 1. The first kappa shape index (κ1) is 22.4. The van der Waals surface area contributed by atoms with Crippen molar-refractivity contribution >= 4 is 62.1 Å². The third kappa shape index (κ3) is 5.08. The van der Waals surface area contributed by atoms with E-state index in [0.29, 0.717) is 27.0 Å². The molecule has 0 aliphatic rings. The molecule has 0 saturated carbocycles. The van der Waals surface area contributed by atoms with E-state index in [9.17, 15) is 13.2 Å². The van der Waals surface area contributed by atoms with Gasteiger partial charge in [-0.05, 0) is 61.0 Å². The molecule has 0 fully saturated rings. The van der Waals surface area contributed by atoms with Gasteiger partial charge in [0, 0.05) is 10.0 Å². The van der Waals surface area contributed by atoms with Gasteiger partial charge in [0.25, 0.3) is 10.0 Å². The highest BCUT2D eigenvalue weighted by molar-refractivity contribution is 7.92. The summed E-state index contributed by atoms with van der Waals surface area (Å²) >= 11 is 18.1. The molecule has 3 aromatic rings. The Hall–Kier alpha value is -2.25. The second-order valence-corrected chi connectivity index (χ2v) is 9.57. The van der Waals surface area contributed by atoms with Gasteiger partial charge in [-0.25, -0.2) is 8.42 Å². The average Bonchev–Trinajstić information content (AvgIpc) is 2.70. The summed E-state index contributed by atoms with van der Waals surface area (Å²) in [6.07, 6.45) is 0. The van der Waals surface area contributed by atoms with Crippen LogP contribution in [0.4, 0.5) is 11.4 Å². The number of amides is 1. The van der Waals surface area contributed by atoms with Gasteiger partial charge in [-0.15, -0.1) is 0 Å². The lowest BCUT2D eigenvalue weighted by Crippen LogP contribution is -2.38. The van der Waals surface area contributed by atoms with Crippen LogP contribution in [0.2, 0.25) is 15.1 Å². The molecule has 0 heterocycles. The monoisotopic (exact) mass is 482 g/mol. The molecule has 0 aliphatic carbocycles. The Labute approximate surface area is 190 Å². The maximum atomic E-state index is 13.3. The van der Waals surface area contributed by atoms with Gasteiger partial charge < -0.3 is 5.32 Å². The Bertz CT molecular complexity index is 1190. The van der Waals surface area contributed by atoms with E-state index in [1.54, 1.807) is 55.5 Å². The standard InChI is InChI=1S/C21H17Cl3N2O3S/c1-14-11-15(22)8-10-20(14)26(30(28,29)17-5-3-2-4-6-17)13-21(27)25-19-12-16(23)7-9-18(19)24/h2-12H,13H2,1H3,(H,25,27). The molecule has 0 radical (unpaired) electrons. The molecule has 3 aromatic carbocycles. The van der Waals surface area contributed by atoms with E-state index >= 15 is 0 Å². The van der Waals surface area contributed by atoms with Crippen LogP contribution < -0.4 is 9.62 Å². The van der Waals surface area contributed by atoms with Crippen molar-refractivity contribution in [2.75, 3.05) is 16.2 Å². The minimum absolute atomic E-state index is 0.0629.